The van der Waals surface area contributed by atoms with Crippen LogP contribution in [-0.4, -0.2) is 89.3 Å². The topological polar surface area (TPSA) is 173 Å². The average molecular weight is 863 g/mol. The molecule has 15 nitrogen and oxygen atoms in total. The molecule has 6 aromatic rings. The number of carbonyl (C=O) groups is 3. The number of fused-ring (bicyclic) bond motifs is 5. The molecule has 3 aromatic carbocycles. The minimum atomic E-state index is -1.78. The van der Waals surface area contributed by atoms with Gasteiger partial charge < -0.3 is 15.3 Å². The van der Waals surface area contributed by atoms with Crippen molar-refractivity contribution in [1.82, 2.24) is 44.4 Å². The number of piperazine rings is 1. The van der Waals surface area contributed by atoms with Gasteiger partial charge in [0.2, 0.25) is 23.6 Å². The number of benzene rings is 3. The summed E-state index contributed by atoms with van der Waals surface area (Å²) in [5.74, 6) is -7.23. The van der Waals surface area contributed by atoms with E-state index in [2.05, 4.69) is 43.4 Å². The van der Waals surface area contributed by atoms with Crippen molar-refractivity contribution >= 4 is 45.6 Å². The zero-order valence-electron chi connectivity index (χ0n) is 34.5. The smallest absolute Gasteiger partial charge is 0.329 e. The van der Waals surface area contributed by atoms with Crippen LogP contribution in [0.1, 0.15) is 73.3 Å². The van der Waals surface area contributed by atoms with Crippen LogP contribution in [0.15, 0.2) is 65.8 Å². The van der Waals surface area contributed by atoms with Crippen LogP contribution in [0.5, 0.6) is 5.75 Å². The molecule has 0 radical (unpaired) electrons. The van der Waals surface area contributed by atoms with Gasteiger partial charge in [-0.1, -0.05) is 18.2 Å². The molecule has 5 heterocycles. The molecule has 11 rings (SSSR count). The number of piperidine rings is 1. The maximum Gasteiger partial charge on any atom is 0.329 e. The molecule has 2 bridgehead atoms. The van der Waals surface area contributed by atoms with Gasteiger partial charge in [-0.25, -0.2) is 23.5 Å². The molecule has 1 atom stereocenters. The van der Waals surface area contributed by atoms with Crippen molar-refractivity contribution in [2.24, 2.45) is 12.5 Å². The number of imidazole rings is 1. The Morgan fingerprint density at radius 1 is 0.889 bits per heavy atom. The highest BCUT2D eigenvalue weighted by molar-refractivity contribution is 6.00. The Hall–Kier alpha value is -6.56. The number of hydrogen-bond acceptors (Lipinski definition) is 10. The summed E-state index contributed by atoms with van der Waals surface area (Å²) in [6, 6.07) is 11.8. The molecule has 63 heavy (non-hydrogen) atoms. The summed E-state index contributed by atoms with van der Waals surface area (Å²) in [6.45, 7) is 4.03. The van der Waals surface area contributed by atoms with Gasteiger partial charge in [0.25, 0.3) is 5.91 Å². The molecule has 5 fully saturated rings. The standard InChI is InChI=1S/C45H45F3N10O5/c1-54-35-18-26(2-5-33(35)58(43(54)63)34-6-7-36(59)52-41(34)62)23-55-14-16-56(17-15-55)42-49-21-29(22-50-42)27-3-4-28-24-57(53-32(28)19-27)45-11-8-44(9-12-45,10-13-45)25-51-40(61)30-20-31(46)39(60)38(48)37(30)47/h2-5,18-22,24,34,60H,6-17,23,25H2,1H3,(H,51,61)(H,52,59,62). The molecular weight excluding hydrogens is 818 g/mol. The second-order valence-electron chi connectivity index (χ2n) is 17.7. The number of halogens is 3. The Balaban J connectivity index is 0.747. The van der Waals surface area contributed by atoms with E-state index in [4.69, 9.17) is 15.1 Å². The first-order valence-corrected chi connectivity index (χ1v) is 21.3. The number of carbonyl (C=O) groups excluding carboxylic acids is 3. The van der Waals surface area contributed by atoms with E-state index < -0.39 is 46.6 Å². The van der Waals surface area contributed by atoms with Gasteiger partial charge in [0.05, 0.1) is 27.7 Å². The Labute approximate surface area is 358 Å². The van der Waals surface area contributed by atoms with Gasteiger partial charge in [-0.3, -0.25) is 38.4 Å². The van der Waals surface area contributed by atoms with Gasteiger partial charge in [-0.15, -0.1) is 0 Å². The molecule has 18 heteroatoms. The predicted molar refractivity (Wildman–Crippen MR) is 225 cm³/mol. The van der Waals surface area contributed by atoms with Crippen LogP contribution in [0.2, 0.25) is 0 Å². The number of hydrogen-bond donors (Lipinski definition) is 3. The molecule has 0 spiro atoms. The summed E-state index contributed by atoms with van der Waals surface area (Å²) >= 11 is 0. The molecule has 1 unspecified atom stereocenters. The second kappa shape index (κ2) is 15.4. The van der Waals surface area contributed by atoms with Gasteiger partial charge in [0.15, 0.2) is 17.4 Å². The highest BCUT2D eigenvalue weighted by Gasteiger charge is 2.50. The molecule has 3 saturated carbocycles. The van der Waals surface area contributed by atoms with E-state index in [1.807, 2.05) is 36.7 Å². The lowest BCUT2D eigenvalue weighted by Gasteiger charge is -2.53. The van der Waals surface area contributed by atoms with E-state index in [-0.39, 0.29) is 35.5 Å². The van der Waals surface area contributed by atoms with E-state index >= 15 is 0 Å². The number of imide groups is 1. The second-order valence-corrected chi connectivity index (χ2v) is 17.7. The van der Waals surface area contributed by atoms with Gasteiger partial charge in [0, 0.05) is 82.3 Å². The Bertz CT molecular complexity index is 2880. The van der Waals surface area contributed by atoms with Gasteiger partial charge >= 0.3 is 5.69 Å². The molecule has 2 aliphatic heterocycles. The first-order chi connectivity index (χ1) is 30.3. The predicted octanol–water partition coefficient (Wildman–Crippen LogP) is 5.05. The van der Waals surface area contributed by atoms with Crippen LogP contribution >= 0.6 is 0 Å². The van der Waals surface area contributed by atoms with Crippen molar-refractivity contribution in [1.29, 1.82) is 0 Å². The van der Waals surface area contributed by atoms with Crippen LogP contribution in [0.25, 0.3) is 33.1 Å². The summed E-state index contributed by atoms with van der Waals surface area (Å²) in [6.07, 6.45) is 11.2. The number of phenols is 1. The lowest BCUT2D eigenvalue weighted by Crippen LogP contribution is -2.51. The number of aromatic nitrogens is 6. The van der Waals surface area contributed by atoms with Crippen LogP contribution < -0.4 is 21.2 Å². The number of aromatic hydroxyl groups is 1. The van der Waals surface area contributed by atoms with E-state index in [9.17, 15) is 37.5 Å². The number of aryl methyl sites for hydroxylation is 1. The molecule has 2 saturated heterocycles. The highest BCUT2D eigenvalue weighted by atomic mass is 19.2. The summed E-state index contributed by atoms with van der Waals surface area (Å²) in [5.41, 5.74) is 3.71. The van der Waals surface area contributed by atoms with E-state index in [1.54, 1.807) is 11.6 Å². The quantitative estimate of drug-likeness (QED) is 0.132. The van der Waals surface area contributed by atoms with E-state index in [1.165, 1.54) is 4.57 Å². The van der Waals surface area contributed by atoms with Crippen LogP contribution in [0.4, 0.5) is 19.1 Å². The first-order valence-electron chi connectivity index (χ1n) is 21.3. The number of anilines is 1. The molecular formula is C45H45F3N10O5. The summed E-state index contributed by atoms with van der Waals surface area (Å²) in [4.78, 5) is 64.2. The van der Waals surface area contributed by atoms with E-state index in [0.717, 1.165) is 97.8 Å². The molecule has 3 aromatic heterocycles. The van der Waals surface area contributed by atoms with Crippen LogP contribution in [0, 0.1) is 22.9 Å². The lowest BCUT2D eigenvalue weighted by molar-refractivity contribution is -0.135. The molecule has 3 aliphatic carbocycles. The van der Waals surface area contributed by atoms with E-state index in [0.29, 0.717) is 30.5 Å². The number of phenolic OH excluding ortho intramolecular Hbond substituents is 1. The maximum absolute atomic E-state index is 14.3. The summed E-state index contributed by atoms with van der Waals surface area (Å²) < 4.78 is 47.2. The van der Waals surface area contributed by atoms with Crippen LogP contribution in [0.3, 0.4) is 0 Å². The largest absolute Gasteiger partial charge is 0.503 e. The average Bonchev–Trinajstić information content (AvgIpc) is 3.85. The monoisotopic (exact) mass is 862 g/mol. The third kappa shape index (κ3) is 7.09. The van der Waals surface area contributed by atoms with Crippen molar-refractivity contribution in [3.63, 3.8) is 0 Å². The summed E-state index contributed by atoms with van der Waals surface area (Å²) in [5, 5.41) is 20.4. The zero-order chi connectivity index (χ0) is 43.8. The number of rotatable bonds is 9. The van der Waals surface area contributed by atoms with Crippen molar-refractivity contribution < 1.29 is 32.7 Å². The Morgan fingerprint density at radius 3 is 2.33 bits per heavy atom. The number of amides is 3. The lowest BCUT2D eigenvalue weighted by atomic mass is 9.57. The van der Waals surface area contributed by atoms with Gasteiger partial charge in [-0.2, -0.15) is 9.49 Å². The third-order valence-corrected chi connectivity index (χ3v) is 14.1. The van der Waals surface area contributed by atoms with Crippen LogP contribution in [-0.2, 0) is 28.7 Å². The maximum atomic E-state index is 14.3. The van der Waals surface area contributed by atoms with Crippen molar-refractivity contribution in [2.75, 3.05) is 37.6 Å². The van der Waals surface area contributed by atoms with Gasteiger partial charge in [-0.05, 0) is 85.8 Å². The molecule has 326 valence electrons. The first kappa shape index (κ1) is 40.5. The minimum Gasteiger partial charge on any atom is -0.503 e. The van der Waals surface area contributed by atoms with Crippen molar-refractivity contribution in [3.8, 4) is 16.9 Å². The van der Waals surface area contributed by atoms with Gasteiger partial charge in [0.1, 0.15) is 6.04 Å². The minimum absolute atomic E-state index is 0.172. The highest BCUT2D eigenvalue weighted by Crippen LogP contribution is 2.55. The normalized spacial score (nSPS) is 22.9. The molecule has 5 aliphatic rings. The zero-order valence-corrected chi connectivity index (χ0v) is 34.5. The summed E-state index contributed by atoms with van der Waals surface area (Å²) in [7, 11) is 1.70. The molecule has 3 N–H and O–H groups in total. The molecule has 3 amide bonds. The fraction of sp³-hybridized carbons (Fsp3) is 0.400. The fourth-order valence-electron chi connectivity index (χ4n) is 10.1. The van der Waals surface area contributed by atoms with Crippen molar-refractivity contribution in [2.45, 2.75) is 69.5 Å². The number of nitrogens with one attached hydrogen (secondary N) is 2. The SMILES string of the molecule is Cn1c(=O)n(C2CCC(=O)NC2=O)c2ccc(CN3CCN(c4ncc(-c5ccc6cn(C78CCC(CNC(=O)c9cc(F)c(O)c(F)c9F)(CC7)CC8)nc6c5)cn4)CC3)cc21. The Morgan fingerprint density at radius 2 is 1.62 bits per heavy atom. The third-order valence-electron chi connectivity index (χ3n) is 14.1. The fourth-order valence-corrected chi connectivity index (χ4v) is 10.1. The van der Waals surface area contributed by atoms with Crippen molar-refractivity contribution in [3.05, 3.63) is 100 Å². The number of nitrogens with zero attached hydrogens (tertiary/aromatic N) is 8. The Kier molecular flexibility index (Phi) is 9.87.